The second-order valence-electron chi connectivity index (χ2n) is 7.57. The van der Waals surface area contributed by atoms with Gasteiger partial charge in [0, 0.05) is 23.1 Å². The van der Waals surface area contributed by atoms with E-state index in [9.17, 15) is 22.5 Å². The Morgan fingerprint density at radius 1 is 0.882 bits per heavy atom. The van der Waals surface area contributed by atoms with Crippen LogP contribution in [0.2, 0.25) is 0 Å². The molecule has 1 heterocycles. The van der Waals surface area contributed by atoms with Crippen molar-refractivity contribution in [2.45, 2.75) is 15.7 Å². The van der Waals surface area contributed by atoms with E-state index < -0.39 is 9.84 Å². The molecule has 34 heavy (non-hydrogen) atoms. The molecule has 1 aromatic heterocycles. The zero-order valence-electron chi connectivity index (χ0n) is 18.0. The molecule has 0 saturated heterocycles. The van der Waals surface area contributed by atoms with Gasteiger partial charge in [0.1, 0.15) is 22.7 Å². The third-order valence-corrected chi connectivity index (χ3v) is 7.30. The van der Waals surface area contributed by atoms with Gasteiger partial charge in [-0.1, -0.05) is 24.3 Å². The van der Waals surface area contributed by atoms with Crippen molar-refractivity contribution >= 4 is 21.6 Å². The number of benzene rings is 3. The summed E-state index contributed by atoms with van der Waals surface area (Å²) in [5.41, 5.74) is 3.70. The Labute approximate surface area is 200 Å². The van der Waals surface area contributed by atoms with Gasteiger partial charge in [-0.05, 0) is 65.7 Å². The topological polar surface area (TPSA) is 70.8 Å². The summed E-state index contributed by atoms with van der Waals surface area (Å²) < 4.78 is 50.5. The minimum absolute atomic E-state index is 0.180. The SMILES string of the molecule is CS(=O)(=O)c1ccc(-c2cc(C#N)c(SCc3ccc(F)cc3)nc2-c2ccc(F)cc2)cc1. The van der Waals surface area contributed by atoms with E-state index >= 15 is 0 Å². The Bertz CT molecular complexity index is 1480. The van der Waals surface area contributed by atoms with E-state index in [1.165, 1.54) is 48.2 Å². The zero-order valence-corrected chi connectivity index (χ0v) is 19.6. The predicted molar refractivity (Wildman–Crippen MR) is 129 cm³/mol. The monoisotopic (exact) mass is 492 g/mol. The molecule has 0 fully saturated rings. The highest BCUT2D eigenvalue weighted by atomic mass is 32.2. The van der Waals surface area contributed by atoms with E-state index in [0.29, 0.717) is 38.7 Å². The maximum atomic E-state index is 13.6. The zero-order chi connectivity index (χ0) is 24.3. The van der Waals surface area contributed by atoms with E-state index in [-0.39, 0.29) is 16.5 Å². The number of hydrogen-bond donors (Lipinski definition) is 0. The Hall–Kier alpha value is -3.54. The molecule has 4 nitrogen and oxygen atoms in total. The first kappa shape index (κ1) is 23.6. The van der Waals surface area contributed by atoms with E-state index in [0.717, 1.165) is 11.8 Å². The van der Waals surface area contributed by atoms with Gasteiger partial charge in [-0.25, -0.2) is 22.2 Å². The quantitative estimate of drug-likeness (QED) is 0.297. The standard InChI is InChI=1S/C26H18F2N2O2S2/c1-34(31,32)23-12-6-18(7-13-23)24-14-20(15-29)26(33-16-17-2-8-21(27)9-3-17)30-25(24)19-4-10-22(28)11-5-19/h2-14H,16H2,1H3. The van der Waals surface area contributed by atoms with Gasteiger partial charge in [-0.15, -0.1) is 11.8 Å². The molecule has 0 radical (unpaired) electrons. The molecule has 4 rings (SSSR count). The Morgan fingerprint density at radius 2 is 1.44 bits per heavy atom. The molecule has 0 saturated carbocycles. The number of aromatic nitrogens is 1. The summed E-state index contributed by atoms with van der Waals surface area (Å²) in [4.78, 5) is 4.93. The van der Waals surface area contributed by atoms with Crippen LogP contribution in [0.25, 0.3) is 22.4 Å². The van der Waals surface area contributed by atoms with Crippen LogP contribution in [0.1, 0.15) is 11.1 Å². The fraction of sp³-hybridized carbons (Fsp3) is 0.0769. The lowest BCUT2D eigenvalue weighted by Gasteiger charge is -2.14. The molecule has 0 aliphatic carbocycles. The normalized spacial score (nSPS) is 11.2. The molecule has 0 amide bonds. The van der Waals surface area contributed by atoms with Gasteiger partial charge >= 0.3 is 0 Å². The lowest BCUT2D eigenvalue weighted by atomic mass is 9.98. The van der Waals surface area contributed by atoms with Crippen LogP contribution < -0.4 is 0 Å². The third kappa shape index (κ3) is 5.33. The number of halogens is 2. The number of nitrogens with zero attached hydrogens (tertiary/aromatic N) is 2. The highest BCUT2D eigenvalue weighted by molar-refractivity contribution is 7.98. The van der Waals surface area contributed by atoms with Crippen LogP contribution in [0.4, 0.5) is 8.78 Å². The molecule has 0 N–H and O–H groups in total. The van der Waals surface area contributed by atoms with E-state index in [1.807, 2.05) is 0 Å². The number of nitriles is 1. The van der Waals surface area contributed by atoms with Crippen LogP contribution in [0.3, 0.4) is 0 Å². The first-order valence-corrected chi connectivity index (χ1v) is 13.0. The van der Waals surface area contributed by atoms with E-state index in [1.54, 1.807) is 42.5 Å². The summed E-state index contributed by atoms with van der Waals surface area (Å²) in [5.74, 6) is -0.232. The minimum Gasteiger partial charge on any atom is -0.239 e. The van der Waals surface area contributed by atoms with Crippen LogP contribution in [-0.4, -0.2) is 19.7 Å². The maximum absolute atomic E-state index is 13.6. The van der Waals surface area contributed by atoms with Crippen LogP contribution in [0.15, 0.2) is 88.8 Å². The number of thioether (sulfide) groups is 1. The van der Waals surface area contributed by atoms with Crippen molar-refractivity contribution in [3.63, 3.8) is 0 Å². The number of pyridine rings is 1. The summed E-state index contributed by atoms with van der Waals surface area (Å²) in [6.07, 6.45) is 1.13. The molecule has 0 unspecified atom stereocenters. The van der Waals surface area contributed by atoms with Crippen LogP contribution in [0, 0.1) is 23.0 Å². The first-order valence-electron chi connectivity index (χ1n) is 10.1. The largest absolute Gasteiger partial charge is 0.239 e. The van der Waals surface area contributed by atoms with Crippen molar-refractivity contribution in [2.24, 2.45) is 0 Å². The second-order valence-corrected chi connectivity index (χ2v) is 10.5. The fourth-order valence-electron chi connectivity index (χ4n) is 3.35. The fourth-order valence-corrected chi connectivity index (χ4v) is 4.89. The van der Waals surface area contributed by atoms with Crippen LogP contribution in [-0.2, 0) is 15.6 Å². The number of sulfone groups is 1. The van der Waals surface area contributed by atoms with Gasteiger partial charge in [-0.2, -0.15) is 5.26 Å². The van der Waals surface area contributed by atoms with Gasteiger partial charge in [0.05, 0.1) is 16.2 Å². The Kier molecular flexibility index (Phi) is 6.77. The van der Waals surface area contributed by atoms with Gasteiger partial charge in [0.2, 0.25) is 0 Å². The summed E-state index contributed by atoms with van der Waals surface area (Å²) in [6.45, 7) is 0. The molecule has 0 bridgehead atoms. The van der Waals surface area contributed by atoms with Crippen molar-refractivity contribution in [1.82, 2.24) is 4.98 Å². The lowest BCUT2D eigenvalue weighted by molar-refractivity contribution is 0.602. The first-order chi connectivity index (χ1) is 16.2. The highest BCUT2D eigenvalue weighted by Crippen LogP contribution is 2.36. The molecule has 170 valence electrons. The number of hydrogen-bond acceptors (Lipinski definition) is 5. The van der Waals surface area contributed by atoms with Gasteiger partial charge in [0.15, 0.2) is 9.84 Å². The summed E-state index contributed by atoms with van der Waals surface area (Å²) >= 11 is 1.34. The Balaban J connectivity index is 1.80. The highest BCUT2D eigenvalue weighted by Gasteiger charge is 2.17. The summed E-state index contributed by atoms with van der Waals surface area (Å²) in [5, 5.41) is 10.3. The van der Waals surface area contributed by atoms with Crippen LogP contribution in [0.5, 0.6) is 0 Å². The molecule has 0 atom stereocenters. The lowest BCUT2D eigenvalue weighted by Crippen LogP contribution is -1.98. The molecular weight excluding hydrogens is 474 g/mol. The molecule has 0 aliphatic rings. The molecule has 8 heteroatoms. The molecule has 4 aromatic rings. The van der Waals surface area contributed by atoms with Gasteiger partial charge in [0.25, 0.3) is 0 Å². The average molecular weight is 493 g/mol. The smallest absolute Gasteiger partial charge is 0.175 e. The van der Waals surface area contributed by atoms with Crippen LogP contribution >= 0.6 is 11.8 Å². The molecule has 3 aromatic carbocycles. The molecule has 0 spiro atoms. The summed E-state index contributed by atoms with van der Waals surface area (Å²) in [6, 6.07) is 22.2. The number of rotatable bonds is 6. The van der Waals surface area contributed by atoms with Crippen molar-refractivity contribution in [1.29, 1.82) is 5.26 Å². The van der Waals surface area contributed by atoms with Crippen molar-refractivity contribution < 1.29 is 17.2 Å². The van der Waals surface area contributed by atoms with E-state index in [4.69, 9.17) is 4.98 Å². The second kappa shape index (κ2) is 9.75. The average Bonchev–Trinajstić information content (AvgIpc) is 2.83. The summed E-state index contributed by atoms with van der Waals surface area (Å²) in [7, 11) is -3.36. The third-order valence-electron chi connectivity index (χ3n) is 5.11. The van der Waals surface area contributed by atoms with Crippen molar-refractivity contribution in [3.05, 3.63) is 102 Å². The van der Waals surface area contributed by atoms with Gasteiger partial charge < -0.3 is 0 Å². The minimum atomic E-state index is -3.36. The van der Waals surface area contributed by atoms with Crippen molar-refractivity contribution in [3.8, 4) is 28.5 Å². The van der Waals surface area contributed by atoms with Crippen molar-refractivity contribution in [2.75, 3.05) is 6.26 Å². The molecular formula is C26H18F2N2O2S2. The Morgan fingerprint density at radius 3 is 2.00 bits per heavy atom. The van der Waals surface area contributed by atoms with E-state index in [2.05, 4.69) is 6.07 Å². The molecule has 0 aliphatic heterocycles. The predicted octanol–water partition coefficient (Wildman–Crippen LogP) is 6.26. The van der Waals surface area contributed by atoms with Gasteiger partial charge in [-0.3, -0.25) is 0 Å². The maximum Gasteiger partial charge on any atom is 0.175 e.